The molecule has 0 fully saturated rings. The summed E-state index contributed by atoms with van der Waals surface area (Å²) in [6.07, 6.45) is 0. The normalized spacial score (nSPS) is 14.2. The standard InChI is InChI=1S/C5H16OSi2/c1-7(2,3)8(4,5)6/h6H,1-5H3. The third kappa shape index (κ3) is 2.11. The van der Waals surface area contributed by atoms with E-state index in [4.69, 9.17) is 0 Å². The van der Waals surface area contributed by atoms with Gasteiger partial charge in [0.15, 0.2) is 7.83 Å². The maximum absolute atomic E-state index is 9.55. The highest BCUT2D eigenvalue weighted by Crippen LogP contribution is 2.14. The van der Waals surface area contributed by atoms with Gasteiger partial charge in [0, 0.05) is 0 Å². The smallest absolute Gasteiger partial charge is 0.169 e. The van der Waals surface area contributed by atoms with Crippen LogP contribution < -0.4 is 0 Å². The van der Waals surface area contributed by atoms with Crippen LogP contribution >= 0.6 is 0 Å². The average molecular weight is 148 g/mol. The molecule has 0 aromatic rings. The Kier molecular flexibility index (Phi) is 2.06. The van der Waals surface area contributed by atoms with Crippen molar-refractivity contribution in [3.8, 4) is 0 Å². The minimum atomic E-state index is -1.72. The van der Waals surface area contributed by atoms with Gasteiger partial charge >= 0.3 is 0 Å². The first-order chi connectivity index (χ1) is 3.25. The first kappa shape index (κ1) is 8.39. The van der Waals surface area contributed by atoms with Crippen molar-refractivity contribution in [1.82, 2.24) is 0 Å². The van der Waals surface area contributed by atoms with Gasteiger partial charge in [-0.2, -0.15) is 0 Å². The van der Waals surface area contributed by atoms with Crippen LogP contribution in [0.5, 0.6) is 0 Å². The van der Waals surface area contributed by atoms with E-state index in [-0.39, 0.29) is 0 Å². The van der Waals surface area contributed by atoms with Crippen LogP contribution in [0.25, 0.3) is 0 Å². The molecule has 0 radical (unpaired) electrons. The summed E-state index contributed by atoms with van der Waals surface area (Å²) in [5.74, 6) is 0. The van der Waals surface area contributed by atoms with Crippen LogP contribution in [-0.4, -0.2) is 20.2 Å². The highest BCUT2D eigenvalue weighted by atomic mass is 29.3. The van der Waals surface area contributed by atoms with Gasteiger partial charge in [0.05, 0.1) is 7.59 Å². The molecular formula is C5H16OSi2. The summed E-state index contributed by atoms with van der Waals surface area (Å²) in [7, 11) is -2.88. The third-order valence-corrected chi connectivity index (χ3v) is 16.5. The van der Waals surface area contributed by atoms with E-state index in [9.17, 15) is 4.80 Å². The molecule has 0 atom stereocenters. The minimum absolute atomic E-state index is 1.16. The van der Waals surface area contributed by atoms with Crippen molar-refractivity contribution >= 4 is 15.4 Å². The predicted molar refractivity (Wildman–Crippen MR) is 43.0 cm³/mol. The van der Waals surface area contributed by atoms with Crippen molar-refractivity contribution in [2.75, 3.05) is 0 Å². The van der Waals surface area contributed by atoms with E-state index in [2.05, 4.69) is 19.6 Å². The molecule has 0 aliphatic heterocycles. The Morgan fingerprint density at radius 2 is 1.00 bits per heavy atom. The van der Waals surface area contributed by atoms with Gasteiger partial charge < -0.3 is 4.80 Å². The van der Waals surface area contributed by atoms with Gasteiger partial charge in [-0.3, -0.25) is 0 Å². The summed E-state index contributed by atoms with van der Waals surface area (Å²) in [6, 6.07) is 0. The van der Waals surface area contributed by atoms with Crippen LogP contribution in [0, 0.1) is 0 Å². The third-order valence-electron chi connectivity index (χ3n) is 1.84. The summed E-state index contributed by atoms with van der Waals surface area (Å²) in [5, 5.41) is 0. The van der Waals surface area contributed by atoms with Gasteiger partial charge in [0.2, 0.25) is 0 Å². The van der Waals surface area contributed by atoms with Gasteiger partial charge in [0.1, 0.15) is 0 Å². The van der Waals surface area contributed by atoms with Crippen molar-refractivity contribution in [3.63, 3.8) is 0 Å². The molecule has 0 saturated carbocycles. The SMILES string of the molecule is C[Si](C)(C)[Si](C)(C)O. The number of hydrogen-bond donors (Lipinski definition) is 1. The Hall–Kier alpha value is 0.394. The lowest BCUT2D eigenvalue weighted by Crippen LogP contribution is -2.52. The number of hydrogen-bond acceptors (Lipinski definition) is 1. The Labute approximate surface area is 53.7 Å². The van der Waals surface area contributed by atoms with Crippen LogP contribution in [0.4, 0.5) is 0 Å². The van der Waals surface area contributed by atoms with Gasteiger partial charge in [-0.25, -0.2) is 0 Å². The van der Waals surface area contributed by atoms with E-state index in [1.165, 1.54) is 0 Å². The lowest BCUT2D eigenvalue weighted by molar-refractivity contribution is 0.573. The predicted octanol–water partition coefficient (Wildman–Crippen LogP) is 1.60. The summed E-state index contributed by atoms with van der Waals surface area (Å²) in [4.78, 5) is 9.55. The molecule has 50 valence electrons. The lowest BCUT2D eigenvalue weighted by Gasteiger charge is -2.28. The van der Waals surface area contributed by atoms with Crippen molar-refractivity contribution in [2.24, 2.45) is 0 Å². The summed E-state index contributed by atoms with van der Waals surface area (Å²) in [6.45, 7) is 10.7. The second-order valence-electron chi connectivity index (χ2n) is 3.81. The molecule has 0 rings (SSSR count). The first-order valence-corrected chi connectivity index (χ1v) is 10.4. The fourth-order valence-electron chi connectivity index (χ4n) is 0. The molecule has 3 heteroatoms. The topological polar surface area (TPSA) is 20.2 Å². The molecule has 0 saturated heterocycles. The average Bonchev–Trinajstić information content (AvgIpc) is 1.25. The maximum atomic E-state index is 9.55. The molecule has 0 heterocycles. The molecule has 0 unspecified atom stereocenters. The zero-order valence-electron chi connectivity index (χ0n) is 6.45. The quantitative estimate of drug-likeness (QED) is 0.560. The lowest BCUT2D eigenvalue weighted by atomic mass is 11.8. The minimum Gasteiger partial charge on any atom is -0.435 e. The van der Waals surface area contributed by atoms with Gasteiger partial charge in [0.25, 0.3) is 0 Å². The highest BCUT2D eigenvalue weighted by molar-refractivity contribution is 7.37. The Balaban J connectivity index is 4.02. The molecule has 0 aliphatic rings. The van der Waals surface area contributed by atoms with Crippen LogP contribution in [-0.2, 0) is 0 Å². The zero-order valence-corrected chi connectivity index (χ0v) is 8.45. The van der Waals surface area contributed by atoms with Crippen LogP contribution in [0.2, 0.25) is 32.7 Å². The van der Waals surface area contributed by atoms with Crippen LogP contribution in [0.1, 0.15) is 0 Å². The van der Waals surface area contributed by atoms with Crippen molar-refractivity contribution < 1.29 is 4.80 Å². The summed E-state index contributed by atoms with van der Waals surface area (Å²) >= 11 is 0. The van der Waals surface area contributed by atoms with E-state index in [0.29, 0.717) is 0 Å². The molecule has 0 aliphatic carbocycles. The van der Waals surface area contributed by atoms with E-state index in [0.717, 1.165) is 0 Å². The van der Waals surface area contributed by atoms with E-state index in [1.54, 1.807) is 0 Å². The molecule has 0 aromatic carbocycles. The summed E-state index contributed by atoms with van der Waals surface area (Å²) < 4.78 is 0. The Bertz CT molecular complexity index is 65.4. The van der Waals surface area contributed by atoms with E-state index in [1.807, 2.05) is 13.1 Å². The van der Waals surface area contributed by atoms with Gasteiger partial charge in [-0.15, -0.1) is 0 Å². The van der Waals surface area contributed by atoms with Crippen molar-refractivity contribution in [3.05, 3.63) is 0 Å². The largest absolute Gasteiger partial charge is 0.435 e. The Morgan fingerprint density at radius 1 is 0.875 bits per heavy atom. The molecular weight excluding hydrogens is 132 g/mol. The molecule has 8 heavy (non-hydrogen) atoms. The summed E-state index contributed by atoms with van der Waals surface area (Å²) in [5.41, 5.74) is 0. The fraction of sp³-hybridized carbons (Fsp3) is 1.00. The molecule has 1 N–H and O–H groups in total. The molecule has 0 spiro atoms. The first-order valence-electron chi connectivity index (χ1n) is 2.97. The second kappa shape index (κ2) is 1.97. The number of rotatable bonds is 1. The van der Waals surface area contributed by atoms with Crippen LogP contribution in [0.3, 0.4) is 0 Å². The van der Waals surface area contributed by atoms with Crippen molar-refractivity contribution in [2.45, 2.75) is 32.7 Å². The fourth-order valence-corrected chi connectivity index (χ4v) is 0. The van der Waals surface area contributed by atoms with Crippen molar-refractivity contribution in [1.29, 1.82) is 0 Å². The van der Waals surface area contributed by atoms with Gasteiger partial charge in [-0.05, 0) is 13.1 Å². The maximum Gasteiger partial charge on any atom is 0.169 e. The monoisotopic (exact) mass is 148 g/mol. The molecule has 0 aromatic heterocycles. The molecule has 0 bridgehead atoms. The molecule has 0 amide bonds. The van der Waals surface area contributed by atoms with Crippen LogP contribution in [0.15, 0.2) is 0 Å². The Morgan fingerprint density at radius 3 is 1.00 bits per heavy atom. The second-order valence-corrected chi connectivity index (χ2v) is 19.6. The van der Waals surface area contributed by atoms with Gasteiger partial charge in [-0.1, -0.05) is 19.6 Å². The van der Waals surface area contributed by atoms with E-state index < -0.39 is 15.4 Å². The zero-order chi connectivity index (χ0) is 7.00. The highest BCUT2D eigenvalue weighted by Gasteiger charge is 2.34. The van der Waals surface area contributed by atoms with E-state index >= 15 is 0 Å². The molecule has 1 nitrogen and oxygen atoms in total.